The fourth-order valence-corrected chi connectivity index (χ4v) is 3.00. The number of alkyl halides is 2. The van der Waals surface area contributed by atoms with Crippen LogP contribution in [0.1, 0.15) is 25.3 Å². The van der Waals surface area contributed by atoms with Crippen LogP contribution >= 0.6 is 11.6 Å². The Morgan fingerprint density at radius 2 is 1.96 bits per heavy atom. The van der Waals surface area contributed by atoms with Gasteiger partial charge < -0.3 is 10.6 Å². The maximum absolute atomic E-state index is 13.6. The van der Waals surface area contributed by atoms with Gasteiger partial charge in [-0.1, -0.05) is 24.6 Å². The third-order valence-corrected chi connectivity index (χ3v) is 4.56. The average molecular weight is 392 g/mol. The van der Waals surface area contributed by atoms with E-state index in [1.54, 1.807) is 6.92 Å². The number of hydrogen-bond acceptors (Lipinski definition) is 3. The molecule has 2 N–H and O–H groups in total. The number of nitrogens with zero attached hydrogens (tertiary/aromatic N) is 2. The minimum atomic E-state index is -2.69. The van der Waals surface area contributed by atoms with Gasteiger partial charge in [0.25, 0.3) is 12.3 Å². The predicted molar refractivity (Wildman–Crippen MR) is 91.0 cm³/mol. The minimum absolute atomic E-state index is 0.0114. The van der Waals surface area contributed by atoms with Gasteiger partial charge in [0, 0.05) is 17.7 Å². The zero-order valence-electron chi connectivity index (χ0n) is 14.0. The van der Waals surface area contributed by atoms with Crippen molar-refractivity contribution >= 4 is 22.7 Å². The van der Waals surface area contributed by atoms with Crippen molar-refractivity contribution in [2.24, 2.45) is 10.7 Å². The monoisotopic (exact) mass is 391 g/mol. The number of carbonyl (C=O) groups is 1. The molecule has 0 aliphatic carbocycles. The fraction of sp³-hybridized carbons (Fsp3) is 0.412. The van der Waals surface area contributed by atoms with Crippen molar-refractivity contribution in [3.63, 3.8) is 0 Å². The molecular weight excluding hydrogens is 374 g/mol. The zero-order chi connectivity index (χ0) is 19.4. The van der Waals surface area contributed by atoms with E-state index < -0.39 is 30.0 Å². The van der Waals surface area contributed by atoms with E-state index in [9.17, 15) is 22.4 Å². The Bertz CT molecular complexity index is 731. The molecule has 0 fully saturated rings. The van der Waals surface area contributed by atoms with Crippen molar-refractivity contribution in [2.45, 2.75) is 38.8 Å². The fourth-order valence-electron chi connectivity index (χ4n) is 2.74. The lowest BCUT2D eigenvalue weighted by Gasteiger charge is -2.34. The zero-order valence-corrected chi connectivity index (χ0v) is 14.7. The highest BCUT2D eigenvalue weighted by molar-refractivity contribution is 6.69. The standard InChI is InChI=1S/C17H18ClF4N3O/c1-2-13(16(21)22)25-7-6-9(14(23)17(25)26)15(18)24-8-10-11(19)4-3-5-12(10)20/h3-5,13,16H,2,6-8,23H2,1H3. The molecule has 9 heteroatoms. The van der Waals surface area contributed by atoms with Crippen molar-refractivity contribution < 1.29 is 22.4 Å². The van der Waals surface area contributed by atoms with Crippen LogP contribution in [-0.2, 0) is 11.3 Å². The number of hydrogen-bond donors (Lipinski definition) is 1. The first-order valence-electron chi connectivity index (χ1n) is 7.98. The smallest absolute Gasteiger partial charge is 0.270 e. The molecule has 26 heavy (non-hydrogen) atoms. The Labute approximate surface area is 153 Å². The van der Waals surface area contributed by atoms with Crippen LogP contribution in [-0.4, -0.2) is 35.0 Å². The first-order valence-corrected chi connectivity index (χ1v) is 8.36. The van der Waals surface area contributed by atoms with E-state index in [1.807, 2.05) is 0 Å². The Kier molecular flexibility index (Phi) is 6.63. The van der Waals surface area contributed by atoms with Gasteiger partial charge in [0.15, 0.2) is 0 Å². The summed E-state index contributed by atoms with van der Waals surface area (Å²) in [6, 6.07) is 2.17. The molecule has 142 valence electrons. The normalized spacial score (nSPS) is 17.3. The molecule has 1 unspecified atom stereocenters. The molecule has 1 aromatic carbocycles. The van der Waals surface area contributed by atoms with Crippen LogP contribution < -0.4 is 5.73 Å². The van der Waals surface area contributed by atoms with E-state index in [0.717, 1.165) is 17.0 Å². The van der Waals surface area contributed by atoms with E-state index in [1.165, 1.54) is 6.07 Å². The van der Waals surface area contributed by atoms with Gasteiger partial charge in [-0.2, -0.15) is 0 Å². The van der Waals surface area contributed by atoms with Crippen LogP contribution in [0.4, 0.5) is 17.6 Å². The lowest BCUT2D eigenvalue weighted by atomic mass is 10.0. The first kappa shape index (κ1) is 20.2. The Morgan fingerprint density at radius 3 is 2.50 bits per heavy atom. The maximum atomic E-state index is 13.6. The van der Waals surface area contributed by atoms with E-state index in [0.29, 0.717) is 0 Å². The van der Waals surface area contributed by atoms with Gasteiger partial charge in [-0.15, -0.1) is 0 Å². The van der Waals surface area contributed by atoms with Crippen LogP contribution in [0.15, 0.2) is 34.5 Å². The number of amides is 1. The summed E-state index contributed by atoms with van der Waals surface area (Å²) in [5.41, 5.74) is 5.41. The van der Waals surface area contributed by atoms with Crippen molar-refractivity contribution in [1.82, 2.24) is 4.90 Å². The van der Waals surface area contributed by atoms with Gasteiger partial charge in [-0.3, -0.25) is 9.79 Å². The summed E-state index contributed by atoms with van der Waals surface area (Å²) in [5, 5.41) is -0.164. The second-order valence-electron chi connectivity index (χ2n) is 5.76. The highest BCUT2D eigenvalue weighted by Gasteiger charge is 2.35. The summed E-state index contributed by atoms with van der Waals surface area (Å²) in [6.45, 7) is 1.19. The molecule has 1 aromatic rings. The summed E-state index contributed by atoms with van der Waals surface area (Å²) in [6.07, 6.45) is -2.48. The SMILES string of the molecule is CCC(C(F)F)N1CCC(C(Cl)=NCc2c(F)cccc2F)=C(N)C1=O. The highest BCUT2D eigenvalue weighted by atomic mass is 35.5. The molecule has 1 amide bonds. The summed E-state index contributed by atoms with van der Waals surface area (Å²) in [7, 11) is 0. The van der Waals surface area contributed by atoms with E-state index in [2.05, 4.69) is 4.99 Å². The maximum Gasteiger partial charge on any atom is 0.270 e. The van der Waals surface area contributed by atoms with E-state index in [4.69, 9.17) is 17.3 Å². The highest BCUT2D eigenvalue weighted by Crippen LogP contribution is 2.25. The number of nitrogens with two attached hydrogens (primary N) is 1. The molecule has 1 aliphatic rings. The third-order valence-electron chi connectivity index (χ3n) is 4.22. The second kappa shape index (κ2) is 8.53. The minimum Gasteiger partial charge on any atom is -0.394 e. The van der Waals surface area contributed by atoms with Gasteiger partial charge in [0.2, 0.25) is 0 Å². The van der Waals surface area contributed by atoms with Gasteiger partial charge in [-0.05, 0) is 25.0 Å². The average Bonchev–Trinajstić information content (AvgIpc) is 2.58. The van der Waals surface area contributed by atoms with Crippen molar-refractivity contribution in [2.75, 3.05) is 6.54 Å². The molecule has 1 heterocycles. The Morgan fingerprint density at radius 1 is 1.35 bits per heavy atom. The van der Waals surface area contributed by atoms with E-state index >= 15 is 0 Å². The summed E-state index contributed by atoms with van der Waals surface area (Å²) in [4.78, 5) is 17.2. The quantitative estimate of drug-likeness (QED) is 0.595. The lowest BCUT2D eigenvalue weighted by molar-refractivity contribution is -0.134. The molecule has 4 nitrogen and oxygen atoms in total. The van der Waals surface area contributed by atoms with Crippen LogP contribution in [0.25, 0.3) is 0 Å². The predicted octanol–water partition coefficient (Wildman–Crippen LogP) is 3.59. The first-order chi connectivity index (χ1) is 12.3. The van der Waals surface area contributed by atoms with Crippen molar-refractivity contribution in [3.05, 3.63) is 46.7 Å². The lowest BCUT2D eigenvalue weighted by Crippen LogP contribution is -2.49. The summed E-state index contributed by atoms with van der Waals surface area (Å²) >= 11 is 6.05. The second-order valence-corrected chi connectivity index (χ2v) is 6.12. The Hall–Kier alpha value is -2.09. The molecule has 0 radical (unpaired) electrons. The van der Waals surface area contributed by atoms with Gasteiger partial charge in [0.05, 0.1) is 12.6 Å². The number of rotatable bonds is 6. The molecule has 0 bridgehead atoms. The van der Waals surface area contributed by atoms with Crippen LogP contribution in [0.5, 0.6) is 0 Å². The van der Waals surface area contributed by atoms with E-state index in [-0.39, 0.29) is 47.9 Å². The van der Waals surface area contributed by atoms with Gasteiger partial charge in [0.1, 0.15) is 22.5 Å². The van der Waals surface area contributed by atoms with Gasteiger partial charge in [-0.25, -0.2) is 17.6 Å². The molecule has 0 spiro atoms. The summed E-state index contributed by atoms with van der Waals surface area (Å²) < 4.78 is 53.3. The molecule has 2 rings (SSSR count). The molecular formula is C17H18ClF4N3O. The number of halogens is 5. The van der Waals surface area contributed by atoms with Crippen LogP contribution in [0.2, 0.25) is 0 Å². The number of benzene rings is 1. The van der Waals surface area contributed by atoms with Crippen LogP contribution in [0.3, 0.4) is 0 Å². The topological polar surface area (TPSA) is 58.7 Å². The third kappa shape index (κ3) is 4.17. The van der Waals surface area contributed by atoms with Crippen molar-refractivity contribution in [3.8, 4) is 0 Å². The number of aliphatic imine (C=N–C) groups is 1. The largest absolute Gasteiger partial charge is 0.394 e. The van der Waals surface area contributed by atoms with Gasteiger partial charge >= 0.3 is 0 Å². The molecule has 0 aromatic heterocycles. The number of carbonyl (C=O) groups excluding carboxylic acids is 1. The Balaban J connectivity index is 2.23. The molecule has 0 saturated heterocycles. The van der Waals surface area contributed by atoms with Crippen molar-refractivity contribution in [1.29, 1.82) is 0 Å². The van der Waals surface area contributed by atoms with Crippen LogP contribution in [0, 0.1) is 11.6 Å². The molecule has 1 atom stereocenters. The molecule has 0 saturated carbocycles. The molecule has 1 aliphatic heterocycles. The summed E-state index contributed by atoms with van der Waals surface area (Å²) in [5.74, 6) is -2.29.